The van der Waals surface area contributed by atoms with Crippen molar-refractivity contribution in [2.24, 2.45) is 11.7 Å². The van der Waals surface area contributed by atoms with Crippen molar-refractivity contribution in [2.75, 3.05) is 6.54 Å². The number of hydrogen-bond donors (Lipinski definition) is 3. The number of hydrogen-bond acceptors (Lipinski definition) is 5. The quantitative estimate of drug-likeness (QED) is 0.735. The van der Waals surface area contributed by atoms with Crippen molar-refractivity contribution in [3.05, 3.63) is 28.8 Å². The number of aliphatic hydroxyl groups is 1. The first-order chi connectivity index (χ1) is 13.3. The Hall–Kier alpha value is -1.92. The van der Waals surface area contributed by atoms with E-state index < -0.39 is 16.9 Å². The fourth-order valence-electron chi connectivity index (χ4n) is 6.48. The second kappa shape index (κ2) is 5.80. The number of phenols is 1. The lowest BCUT2D eigenvalue weighted by atomic mass is 9.49. The number of amides is 1. The summed E-state index contributed by atoms with van der Waals surface area (Å²) in [5.41, 5.74) is 5.14. The van der Waals surface area contributed by atoms with Crippen LogP contribution in [0.25, 0.3) is 0 Å². The largest absolute Gasteiger partial charge is 0.507 e. The summed E-state index contributed by atoms with van der Waals surface area (Å²) in [6.45, 7) is 3.04. The fraction of sp³-hybridized carbons (Fsp3) is 0.636. The lowest BCUT2D eigenvalue weighted by Crippen LogP contribution is -2.74. The van der Waals surface area contributed by atoms with E-state index >= 15 is 0 Å². The maximum atomic E-state index is 12.5. The number of fused-ring (bicyclic) bond motifs is 1. The van der Waals surface area contributed by atoms with Crippen LogP contribution in [0.1, 0.15) is 66.9 Å². The van der Waals surface area contributed by atoms with Gasteiger partial charge in [0, 0.05) is 35.9 Å². The van der Waals surface area contributed by atoms with Crippen LogP contribution in [0.4, 0.5) is 0 Å². The lowest BCUT2D eigenvalue weighted by Gasteiger charge is -2.64. The van der Waals surface area contributed by atoms with Gasteiger partial charge in [-0.25, -0.2) is 0 Å². The van der Waals surface area contributed by atoms with E-state index in [-0.39, 0.29) is 29.6 Å². The maximum absolute atomic E-state index is 12.5. The Morgan fingerprint density at radius 1 is 1.32 bits per heavy atom. The van der Waals surface area contributed by atoms with Gasteiger partial charge < -0.3 is 15.9 Å². The van der Waals surface area contributed by atoms with E-state index in [1.807, 2.05) is 6.07 Å². The molecule has 3 aliphatic carbocycles. The van der Waals surface area contributed by atoms with Gasteiger partial charge in [-0.1, -0.05) is 6.07 Å². The molecular formula is C22H28N2O4. The van der Waals surface area contributed by atoms with E-state index in [9.17, 15) is 19.8 Å². The number of nitrogens with two attached hydrogens (primary N) is 1. The smallest absolute Gasteiger partial charge is 0.252 e. The van der Waals surface area contributed by atoms with Crippen LogP contribution in [0.15, 0.2) is 12.1 Å². The molecule has 0 aromatic heterocycles. The number of primary amides is 1. The maximum Gasteiger partial charge on any atom is 0.252 e. The summed E-state index contributed by atoms with van der Waals surface area (Å²) in [7, 11) is 0. The topological polar surface area (TPSA) is 104 Å². The molecule has 28 heavy (non-hydrogen) atoms. The zero-order valence-corrected chi connectivity index (χ0v) is 16.3. The minimum atomic E-state index is -1.08. The van der Waals surface area contributed by atoms with Gasteiger partial charge in [0.25, 0.3) is 5.91 Å². The van der Waals surface area contributed by atoms with Crippen molar-refractivity contribution in [1.82, 2.24) is 4.90 Å². The number of piperidine rings is 1. The molecule has 1 aromatic rings. The number of likely N-dealkylation sites (tertiary alicyclic amines) is 1. The second-order valence-electron chi connectivity index (χ2n) is 9.37. The fourth-order valence-corrected chi connectivity index (χ4v) is 6.48. The Bertz CT molecular complexity index is 880. The Morgan fingerprint density at radius 2 is 2.07 bits per heavy atom. The first kappa shape index (κ1) is 18.1. The summed E-state index contributed by atoms with van der Waals surface area (Å²) in [5, 5.41) is 23.1. The van der Waals surface area contributed by atoms with E-state index in [2.05, 4.69) is 11.8 Å². The zero-order chi connectivity index (χ0) is 19.8. The van der Waals surface area contributed by atoms with Gasteiger partial charge >= 0.3 is 0 Å². The normalized spacial score (nSPS) is 35.8. The van der Waals surface area contributed by atoms with Crippen molar-refractivity contribution >= 4 is 11.7 Å². The number of carbonyl (C=O) groups excluding carboxylic acids is 2. The predicted octanol–water partition coefficient (Wildman–Crippen LogP) is 1.64. The molecule has 1 amide bonds. The van der Waals surface area contributed by atoms with Gasteiger partial charge in [-0.05, 0) is 63.1 Å². The lowest BCUT2D eigenvalue weighted by molar-refractivity contribution is -0.179. The van der Waals surface area contributed by atoms with Crippen LogP contribution in [0.3, 0.4) is 0 Å². The molecule has 4 unspecified atom stereocenters. The highest BCUT2D eigenvalue weighted by Gasteiger charge is 2.66. The molecule has 1 heterocycles. The molecule has 2 bridgehead atoms. The molecule has 4 atom stereocenters. The van der Waals surface area contributed by atoms with Gasteiger partial charge in [-0.15, -0.1) is 0 Å². The molecule has 0 spiro atoms. The summed E-state index contributed by atoms with van der Waals surface area (Å²) < 4.78 is 0. The van der Waals surface area contributed by atoms with Gasteiger partial charge in [-0.3, -0.25) is 14.5 Å². The van der Waals surface area contributed by atoms with Gasteiger partial charge in [0.1, 0.15) is 11.5 Å². The Labute approximate surface area is 164 Å². The third kappa shape index (κ3) is 2.22. The van der Waals surface area contributed by atoms with Crippen molar-refractivity contribution in [3.63, 3.8) is 0 Å². The van der Waals surface area contributed by atoms with Crippen LogP contribution in [-0.4, -0.2) is 51.0 Å². The second-order valence-corrected chi connectivity index (χ2v) is 9.37. The molecule has 4 N–H and O–H groups in total. The van der Waals surface area contributed by atoms with Gasteiger partial charge in [0.15, 0.2) is 0 Å². The molecule has 1 aromatic carbocycles. The molecule has 1 saturated heterocycles. The van der Waals surface area contributed by atoms with E-state index in [0.29, 0.717) is 43.2 Å². The van der Waals surface area contributed by atoms with Crippen LogP contribution >= 0.6 is 0 Å². The summed E-state index contributed by atoms with van der Waals surface area (Å²) in [6.07, 6.45) is 4.69. The van der Waals surface area contributed by atoms with Crippen LogP contribution in [0.5, 0.6) is 5.75 Å². The van der Waals surface area contributed by atoms with Crippen molar-refractivity contribution in [2.45, 2.75) is 75.0 Å². The molecule has 6 heteroatoms. The molecule has 4 aliphatic rings. The zero-order valence-electron chi connectivity index (χ0n) is 16.3. The number of benzene rings is 1. The Balaban J connectivity index is 1.70. The average molecular weight is 384 g/mol. The van der Waals surface area contributed by atoms with Crippen molar-refractivity contribution in [3.8, 4) is 5.75 Å². The molecule has 0 radical (unpaired) electrons. The Kier molecular flexibility index (Phi) is 3.75. The number of rotatable bonds is 3. The van der Waals surface area contributed by atoms with Gasteiger partial charge in [0.05, 0.1) is 11.2 Å². The van der Waals surface area contributed by atoms with Crippen LogP contribution in [-0.2, 0) is 16.6 Å². The van der Waals surface area contributed by atoms with Crippen molar-refractivity contribution in [1.29, 1.82) is 0 Å². The third-order valence-corrected chi connectivity index (χ3v) is 8.11. The molecule has 150 valence electrons. The first-order valence-electron chi connectivity index (χ1n) is 10.4. The van der Waals surface area contributed by atoms with Crippen molar-refractivity contribution < 1.29 is 19.8 Å². The number of Topliss-reactive ketones (excluding diaryl/α,β-unsaturated/α-hetero) is 1. The summed E-state index contributed by atoms with van der Waals surface area (Å²) in [5.74, 6) is -0.0261. The summed E-state index contributed by atoms with van der Waals surface area (Å²) >= 11 is 0. The first-order valence-corrected chi connectivity index (χ1v) is 10.4. The minimum Gasteiger partial charge on any atom is -0.507 e. The van der Waals surface area contributed by atoms with E-state index in [1.165, 1.54) is 12.8 Å². The molecule has 5 rings (SSSR count). The van der Waals surface area contributed by atoms with E-state index in [4.69, 9.17) is 5.73 Å². The molecule has 2 saturated carbocycles. The van der Waals surface area contributed by atoms with Gasteiger partial charge in [0.2, 0.25) is 0 Å². The highest BCUT2D eigenvalue weighted by molar-refractivity contribution is 5.96. The highest BCUT2D eigenvalue weighted by Crippen LogP contribution is 2.60. The van der Waals surface area contributed by atoms with Gasteiger partial charge in [-0.2, -0.15) is 0 Å². The SMILES string of the molecule is CC(C1CC1)N1CCC23CC(=O)CCC2(O)C1Cc1ccc(C(N)=O)c(O)c13. The highest BCUT2D eigenvalue weighted by atomic mass is 16.3. The minimum absolute atomic E-state index is 0.0701. The molecule has 1 aliphatic heterocycles. The molecule has 3 fully saturated rings. The number of ketones is 1. The molecule has 6 nitrogen and oxygen atoms in total. The number of carbonyl (C=O) groups is 2. The third-order valence-electron chi connectivity index (χ3n) is 8.11. The summed E-state index contributed by atoms with van der Waals surface area (Å²) in [6, 6.07) is 3.77. The average Bonchev–Trinajstić information content (AvgIpc) is 3.46. The monoisotopic (exact) mass is 384 g/mol. The standard InChI is InChI=1S/C22H28N2O4/c1-12(13-2-3-13)24-9-8-21-11-15(25)6-7-22(21,28)17(24)10-14-4-5-16(20(23)27)19(26)18(14)21/h4-5,12-13,17,26,28H,2-3,6-11H2,1H3,(H2,23,27). The van der Waals surface area contributed by atoms with Crippen LogP contribution in [0, 0.1) is 5.92 Å². The van der Waals surface area contributed by atoms with Crippen LogP contribution < -0.4 is 5.73 Å². The Morgan fingerprint density at radius 3 is 2.75 bits per heavy atom. The summed E-state index contributed by atoms with van der Waals surface area (Å²) in [4.78, 5) is 26.8. The van der Waals surface area contributed by atoms with E-state index in [0.717, 1.165) is 12.1 Å². The predicted molar refractivity (Wildman–Crippen MR) is 103 cm³/mol. The van der Waals surface area contributed by atoms with E-state index in [1.54, 1.807) is 6.07 Å². The molecular weight excluding hydrogens is 356 g/mol. The number of nitrogens with zero attached hydrogens (tertiary/aromatic N) is 1. The van der Waals surface area contributed by atoms with Crippen LogP contribution in [0.2, 0.25) is 0 Å². The number of aromatic hydroxyl groups is 1.